The molecule has 0 amide bonds. The molecular formula is C25H28N2O12. The molecule has 0 spiro atoms. The van der Waals surface area contributed by atoms with Crippen molar-refractivity contribution in [3.63, 3.8) is 0 Å². The van der Waals surface area contributed by atoms with Crippen LogP contribution in [-0.4, -0.2) is 76.8 Å². The molecule has 1 aromatic heterocycles. The first-order valence-corrected chi connectivity index (χ1v) is 11.7. The molecule has 210 valence electrons. The van der Waals surface area contributed by atoms with Crippen molar-refractivity contribution in [2.45, 2.75) is 65.0 Å². The van der Waals surface area contributed by atoms with Gasteiger partial charge in [-0.3, -0.25) is 19.2 Å². The lowest BCUT2D eigenvalue weighted by molar-refractivity contribution is -0.288. The van der Waals surface area contributed by atoms with Crippen molar-refractivity contribution in [1.29, 1.82) is 0 Å². The Balaban J connectivity index is 1.81. The Morgan fingerprint density at radius 2 is 1.44 bits per heavy atom. The van der Waals surface area contributed by atoms with Crippen molar-refractivity contribution >= 4 is 30.0 Å². The van der Waals surface area contributed by atoms with E-state index in [-0.39, 0.29) is 19.0 Å². The number of esters is 4. The maximum Gasteiger partial charge on any atom is 0.419 e. The first-order valence-electron chi connectivity index (χ1n) is 11.7. The Labute approximate surface area is 223 Å². The van der Waals surface area contributed by atoms with Crippen LogP contribution in [0.4, 0.5) is 4.79 Å². The number of carbonyl (C=O) groups is 5. The fourth-order valence-electron chi connectivity index (χ4n) is 3.67. The van der Waals surface area contributed by atoms with Gasteiger partial charge in [-0.25, -0.2) is 14.3 Å². The fraction of sp³-hybridized carbons (Fsp3) is 0.440. The first-order chi connectivity index (χ1) is 18.5. The zero-order chi connectivity index (χ0) is 28.5. The molecule has 2 unspecified atom stereocenters. The van der Waals surface area contributed by atoms with E-state index in [1.54, 1.807) is 24.3 Å². The van der Waals surface area contributed by atoms with Gasteiger partial charge in [0.25, 0.3) is 0 Å². The molecule has 0 bridgehead atoms. The van der Waals surface area contributed by atoms with E-state index >= 15 is 0 Å². The highest BCUT2D eigenvalue weighted by Crippen LogP contribution is 2.31. The molecule has 1 saturated heterocycles. The quantitative estimate of drug-likeness (QED) is 0.327. The zero-order valence-electron chi connectivity index (χ0n) is 21.6. The summed E-state index contributed by atoms with van der Waals surface area (Å²) in [5.41, 5.74) is 0.636. The Hall–Kier alpha value is -4.46. The minimum Gasteiger partial charge on any atom is -0.463 e. The SMILES string of the molecule is CC(=O)OCC1O[C@@H](Oc2ccc(COC(=O)n3ccnc3)cc2)[C@@H](OC(C)=O)C(OC(C)=O)[C@H]1OC(C)=O. The number of aromatic nitrogens is 2. The molecule has 1 fully saturated rings. The summed E-state index contributed by atoms with van der Waals surface area (Å²) in [5, 5.41) is 0. The van der Waals surface area contributed by atoms with Gasteiger partial charge < -0.3 is 33.2 Å². The molecule has 1 aromatic carbocycles. The third-order valence-electron chi connectivity index (χ3n) is 5.20. The van der Waals surface area contributed by atoms with E-state index in [0.29, 0.717) is 5.56 Å². The summed E-state index contributed by atoms with van der Waals surface area (Å²) < 4.78 is 39.3. The van der Waals surface area contributed by atoms with Crippen LogP contribution in [0.2, 0.25) is 0 Å². The van der Waals surface area contributed by atoms with Crippen molar-refractivity contribution < 1.29 is 57.1 Å². The predicted octanol–water partition coefficient (Wildman–Crippen LogP) is 1.53. The Morgan fingerprint density at radius 1 is 0.821 bits per heavy atom. The molecule has 3 rings (SSSR count). The standard InChI is InChI=1S/C25H28N2O12/c1-14(28)33-12-20-21(35-15(2)29)22(36-16(3)30)23(37-17(4)31)24(39-20)38-19-7-5-18(6-8-19)11-34-25(32)27-10-9-26-13-27/h5-10,13,20-24H,11-12H2,1-4H3/t20?,21-,22?,23-,24+/m0/s1. The van der Waals surface area contributed by atoms with Gasteiger partial charge in [-0.2, -0.15) is 0 Å². The second kappa shape index (κ2) is 13.4. The lowest BCUT2D eigenvalue weighted by Crippen LogP contribution is -2.63. The molecule has 5 atom stereocenters. The van der Waals surface area contributed by atoms with E-state index in [9.17, 15) is 24.0 Å². The van der Waals surface area contributed by atoms with Crippen LogP contribution in [0, 0.1) is 0 Å². The van der Waals surface area contributed by atoms with Gasteiger partial charge >= 0.3 is 30.0 Å². The smallest absolute Gasteiger partial charge is 0.419 e. The number of imidazole rings is 1. The molecule has 2 aromatic rings. The largest absolute Gasteiger partial charge is 0.463 e. The summed E-state index contributed by atoms with van der Waals surface area (Å²) >= 11 is 0. The van der Waals surface area contributed by atoms with Gasteiger partial charge in [0.15, 0.2) is 12.2 Å². The third-order valence-corrected chi connectivity index (χ3v) is 5.20. The number of rotatable bonds is 9. The molecule has 14 heteroatoms. The number of benzene rings is 1. The number of hydrogen-bond donors (Lipinski definition) is 0. The van der Waals surface area contributed by atoms with Crippen molar-refractivity contribution in [2.24, 2.45) is 0 Å². The molecule has 0 saturated carbocycles. The number of hydrogen-bond acceptors (Lipinski definition) is 13. The van der Waals surface area contributed by atoms with E-state index < -0.39 is 60.7 Å². The van der Waals surface area contributed by atoms with Crippen molar-refractivity contribution in [3.05, 3.63) is 48.5 Å². The maximum absolute atomic E-state index is 12.0. The second-order valence-corrected chi connectivity index (χ2v) is 8.35. The summed E-state index contributed by atoms with van der Waals surface area (Å²) in [4.78, 5) is 62.9. The third kappa shape index (κ3) is 8.53. The second-order valence-electron chi connectivity index (χ2n) is 8.35. The summed E-state index contributed by atoms with van der Waals surface area (Å²) in [7, 11) is 0. The highest BCUT2D eigenvalue weighted by atomic mass is 16.7. The molecule has 2 heterocycles. The van der Waals surface area contributed by atoms with Crippen molar-refractivity contribution in [1.82, 2.24) is 9.55 Å². The van der Waals surface area contributed by atoms with Gasteiger partial charge in [-0.05, 0) is 17.7 Å². The van der Waals surface area contributed by atoms with Crippen molar-refractivity contribution in [2.75, 3.05) is 6.61 Å². The first kappa shape index (κ1) is 29.1. The van der Waals surface area contributed by atoms with E-state index in [4.69, 9.17) is 33.2 Å². The minimum atomic E-state index is -1.37. The average Bonchev–Trinajstić information content (AvgIpc) is 3.40. The summed E-state index contributed by atoms with van der Waals surface area (Å²) in [6.45, 7) is 4.16. The number of carbonyl (C=O) groups excluding carboxylic acids is 5. The highest BCUT2D eigenvalue weighted by Gasteiger charge is 2.53. The Kier molecular flexibility index (Phi) is 9.98. The van der Waals surface area contributed by atoms with Crippen LogP contribution in [0.25, 0.3) is 0 Å². The Morgan fingerprint density at radius 3 is 2.00 bits per heavy atom. The monoisotopic (exact) mass is 548 g/mol. The minimum absolute atomic E-state index is 0.0314. The van der Waals surface area contributed by atoms with Crippen LogP contribution in [0.15, 0.2) is 43.0 Å². The molecule has 1 aliphatic heterocycles. The molecule has 39 heavy (non-hydrogen) atoms. The highest BCUT2D eigenvalue weighted by molar-refractivity contribution is 5.70. The van der Waals surface area contributed by atoms with Crippen LogP contribution in [-0.2, 0) is 54.2 Å². The topological polar surface area (TPSA) is 168 Å². The Bertz CT molecular complexity index is 1160. The van der Waals surface area contributed by atoms with Gasteiger partial charge in [0.1, 0.15) is 31.4 Å². The molecule has 1 aliphatic rings. The van der Waals surface area contributed by atoms with E-state index in [1.165, 1.54) is 30.2 Å². The van der Waals surface area contributed by atoms with E-state index in [0.717, 1.165) is 20.8 Å². The summed E-state index contributed by atoms with van der Waals surface area (Å²) in [5.74, 6) is -2.62. The van der Waals surface area contributed by atoms with Crippen LogP contribution >= 0.6 is 0 Å². The van der Waals surface area contributed by atoms with Gasteiger partial charge in [0.2, 0.25) is 12.4 Å². The van der Waals surface area contributed by atoms with E-state index in [1.807, 2.05) is 0 Å². The molecule has 0 radical (unpaired) electrons. The average molecular weight is 549 g/mol. The zero-order valence-corrected chi connectivity index (χ0v) is 21.6. The molecule has 14 nitrogen and oxygen atoms in total. The lowest BCUT2D eigenvalue weighted by Gasteiger charge is -2.43. The van der Waals surface area contributed by atoms with Crippen LogP contribution in [0.1, 0.15) is 33.3 Å². The van der Waals surface area contributed by atoms with Crippen LogP contribution in [0.5, 0.6) is 5.75 Å². The number of nitrogens with zero attached hydrogens (tertiary/aromatic N) is 2. The van der Waals surface area contributed by atoms with Gasteiger partial charge in [0, 0.05) is 40.1 Å². The summed E-state index contributed by atoms with van der Waals surface area (Å²) in [6, 6.07) is 6.35. The molecule has 0 N–H and O–H groups in total. The van der Waals surface area contributed by atoms with Gasteiger partial charge in [-0.1, -0.05) is 12.1 Å². The maximum atomic E-state index is 12.0. The number of ether oxygens (including phenoxy) is 7. The van der Waals surface area contributed by atoms with E-state index in [2.05, 4.69) is 4.98 Å². The molecular weight excluding hydrogens is 520 g/mol. The molecule has 0 aliphatic carbocycles. The van der Waals surface area contributed by atoms with Gasteiger partial charge in [-0.15, -0.1) is 0 Å². The van der Waals surface area contributed by atoms with Gasteiger partial charge in [0.05, 0.1) is 0 Å². The van der Waals surface area contributed by atoms with Crippen LogP contribution < -0.4 is 4.74 Å². The fourth-order valence-corrected chi connectivity index (χ4v) is 3.67. The van der Waals surface area contributed by atoms with Crippen LogP contribution in [0.3, 0.4) is 0 Å². The normalized spacial score (nSPS) is 22.2. The lowest BCUT2D eigenvalue weighted by atomic mass is 9.98. The van der Waals surface area contributed by atoms with Crippen molar-refractivity contribution in [3.8, 4) is 5.75 Å². The summed E-state index contributed by atoms with van der Waals surface area (Å²) in [6.07, 6.45) is -2.90. The predicted molar refractivity (Wildman–Crippen MR) is 127 cm³/mol.